The Kier molecular flexibility index (Phi) is 5.18. The predicted octanol–water partition coefficient (Wildman–Crippen LogP) is 1.67. The molecule has 1 atom stereocenters. The van der Waals surface area contributed by atoms with Crippen molar-refractivity contribution in [3.63, 3.8) is 0 Å². The molecule has 13 heteroatoms. The number of nitro groups is 1. The van der Waals surface area contributed by atoms with Crippen LogP contribution < -0.4 is 16.6 Å². The van der Waals surface area contributed by atoms with E-state index in [1.165, 1.54) is 53.0 Å². The third kappa shape index (κ3) is 3.47. The van der Waals surface area contributed by atoms with Gasteiger partial charge in [-0.3, -0.25) is 28.8 Å². The lowest BCUT2D eigenvalue weighted by Crippen LogP contribution is -2.38. The van der Waals surface area contributed by atoms with E-state index < -0.39 is 28.1 Å². The van der Waals surface area contributed by atoms with Crippen LogP contribution in [0, 0.1) is 10.1 Å². The number of nitro benzene ring substituents is 1. The maximum atomic E-state index is 12.8. The number of nitrogens with one attached hydrogen (secondary N) is 1. The minimum Gasteiger partial charge on any atom is -0.312 e. The zero-order valence-electron chi connectivity index (χ0n) is 17.2. The van der Waals surface area contributed by atoms with Crippen LogP contribution in [-0.2, 0) is 18.9 Å². The molecule has 32 heavy (non-hydrogen) atoms. The van der Waals surface area contributed by atoms with E-state index in [1.54, 1.807) is 24.4 Å². The van der Waals surface area contributed by atoms with Crippen LogP contribution in [0.5, 0.6) is 0 Å². The first-order valence-corrected chi connectivity index (χ1v) is 10.2. The highest BCUT2D eigenvalue weighted by atomic mass is 32.1. The lowest BCUT2D eigenvalue weighted by molar-refractivity contribution is -0.384. The number of anilines is 1. The molecule has 4 rings (SSSR count). The summed E-state index contributed by atoms with van der Waals surface area (Å²) in [7, 11) is 2.86. The molecule has 0 saturated carbocycles. The molecule has 1 amide bonds. The molecule has 164 valence electrons. The lowest BCUT2D eigenvalue weighted by Gasteiger charge is -2.13. The van der Waals surface area contributed by atoms with Gasteiger partial charge >= 0.3 is 5.69 Å². The van der Waals surface area contributed by atoms with Gasteiger partial charge in [0.05, 0.1) is 16.9 Å². The normalized spacial score (nSPS) is 12.1. The number of non-ortho nitro benzene ring substituents is 1. The summed E-state index contributed by atoms with van der Waals surface area (Å²) in [5, 5.41) is 15.6. The van der Waals surface area contributed by atoms with Gasteiger partial charge in [0.2, 0.25) is 5.91 Å². The maximum Gasteiger partial charge on any atom is 0.332 e. The molecule has 0 aliphatic rings. The molecule has 3 heterocycles. The predicted molar refractivity (Wildman–Crippen MR) is 118 cm³/mol. The minimum atomic E-state index is -0.824. The first-order chi connectivity index (χ1) is 15.2. The van der Waals surface area contributed by atoms with Gasteiger partial charge < -0.3 is 9.88 Å². The fourth-order valence-corrected chi connectivity index (χ4v) is 3.96. The molecule has 0 spiro atoms. The van der Waals surface area contributed by atoms with E-state index in [-0.39, 0.29) is 16.9 Å². The van der Waals surface area contributed by atoms with Gasteiger partial charge in [-0.25, -0.2) is 14.8 Å². The van der Waals surface area contributed by atoms with Crippen molar-refractivity contribution in [3.05, 3.63) is 66.9 Å². The molecule has 3 aromatic heterocycles. The highest BCUT2D eigenvalue weighted by Gasteiger charge is 2.22. The first kappa shape index (κ1) is 21.1. The average Bonchev–Trinajstić information content (AvgIpc) is 3.43. The van der Waals surface area contributed by atoms with Crippen LogP contribution in [0.25, 0.3) is 22.4 Å². The quantitative estimate of drug-likeness (QED) is 0.355. The number of thiazole rings is 1. The van der Waals surface area contributed by atoms with E-state index in [0.29, 0.717) is 16.4 Å². The number of hydrogen-bond acceptors (Lipinski definition) is 8. The van der Waals surface area contributed by atoms with Crippen LogP contribution >= 0.6 is 11.3 Å². The Hall–Kier alpha value is -4.13. The van der Waals surface area contributed by atoms with E-state index in [9.17, 15) is 24.5 Å². The van der Waals surface area contributed by atoms with Gasteiger partial charge in [0.15, 0.2) is 16.3 Å². The molecule has 0 aliphatic carbocycles. The second-order valence-corrected chi connectivity index (χ2v) is 7.90. The minimum absolute atomic E-state index is 0.0577. The number of fused-ring (bicyclic) bond motifs is 1. The third-order valence-corrected chi connectivity index (χ3v) is 5.81. The maximum absolute atomic E-state index is 12.8. The smallest absolute Gasteiger partial charge is 0.312 e. The number of hydrogen-bond donors (Lipinski definition) is 1. The molecule has 0 radical (unpaired) electrons. The zero-order chi connectivity index (χ0) is 23.2. The Labute approximate surface area is 183 Å². The highest BCUT2D eigenvalue weighted by molar-refractivity contribution is 7.14. The second kappa shape index (κ2) is 7.85. The molecule has 0 bridgehead atoms. The fourth-order valence-electron chi connectivity index (χ4n) is 3.24. The average molecular weight is 455 g/mol. The topological polar surface area (TPSA) is 147 Å². The number of nitrogens with zero attached hydrogens (tertiary/aromatic N) is 6. The van der Waals surface area contributed by atoms with E-state index in [1.807, 2.05) is 0 Å². The zero-order valence-corrected chi connectivity index (χ0v) is 18.0. The van der Waals surface area contributed by atoms with E-state index in [2.05, 4.69) is 15.3 Å². The number of aryl methyl sites for hydroxylation is 1. The molecule has 0 saturated heterocycles. The molecular formula is C19H17N7O5S. The van der Waals surface area contributed by atoms with Gasteiger partial charge in [-0.2, -0.15) is 0 Å². The summed E-state index contributed by atoms with van der Waals surface area (Å²) in [5.41, 5.74) is 0.225. The van der Waals surface area contributed by atoms with E-state index >= 15 is 0 Å². The summed E-state index contributed by atoms with van der Waals surface area (Å²) in [6, 6.07) is 5.21. The van der Waals surface area contributed by atoms with Gasteiger partial charge in [-0.15, -0.1) is 11.3 Å². The van der Waals surface area contributed by atoms with Gasteiger partial charge in [0.25, 0.3) is 11.2 Å². The Morgan fingerprint density at radius 2 is 2.00 bits per heavy atom. The van der Waals surface area contributed by atoms with Crippen molar-refractivity contribution in [2.24, 2.45) is 14.1 Å². The molecule has 0 aliphatic heterocycles. The van der Waals surface area contributed by atoms with Crippen molar-refractivity contribution in [1.29, 1.82) is 0 Å². The summed E-state index contributed by atoms with van der Waals surface area (Å²) in [6.07, 6.45) is 1.34. The van der Waals surface area contributed by atoms with Crippen LogP contribution in [0.3, 0.4) is 0 Å². The van der Waals surface area contributed by atoms with Crippen molar-refractivity contribution < 1.29 is 9.72 Å². The van der Waals surface area contributed by atoms with Crippen LogP contribution in [0.4, 0.5) is 10.8 Å². The Morgan fingerprint density at radius 3 is 2.72 bits per heavy atom. The van der Waals surface area contributed by atoms with Crippen LogP contribution in [0.1, 0.15) is 13.0 Å². The summed E-state index contributed by atoms with van der Waals surface area (Å²) >= 11 is 1.17. The number of benzene rings is 1. The number of amides is 1. The van der Waals surface area contributed by atoms with Crippen molar-refractivity contribution in [1.82, 2.24) is 23.7 Å². The number of imidazole rings is 1. The van der Waals surface area contributed by atoms with Crippen LogP contribution in [0.15, 0.2) is 45.6 Å². The largest absolute Gasteiger partial charge is 0.332 e. The number of carbonyl (C=O) groups is 1. The van der Waals surface area contributed by atoms with Gasteiger partial charge in [-0.05, 0) is 6.92 Å². The van der Waals surface area contributed by atoms with Gasteiger partial charge in [0.1, 0.15) is 6.04 Å². The molecule has 12 nitrogen and oxygen atoms in total. The summed E-state index contributed by atoms with van der Waals surface area (Å²) in [4.78, 5) is 56.5. The third-order valence-electron chi connectivity index (χ3n) is 5.06. The summed E-state index contributed by atoms with van der Waals surface area (Å²) in [6.45, 7) is 1.59. The second-order valence-electron chi connectivity index (χ2n) is 7.04. The number of rotatable bonds is 5. The number of carbonyl (C=O) groups excluding carboxylic acids is 1. The molecule has 1 N–H and O–H groups in total. The van der Waals surface area contributed by atoms with Crippen molar-refractivity contribution in [2.45, 2.75) is 13.0 Å². The lowest BCUT2D eigenvalue weighted by atomic mass is 10.1. The highest BCUT2D eigenvalue weighted by Crippen LogP contribution is 2.28. The standard InChI is InChI=1S/C19H17N7O5S/c1-10(25-9-20-15-14(25)17(28)24(3)19(29)23(15)2)16(27)22-18-21-13(8-32-18)11-5-4-6-12(7-11)26(30)31/h4-10H,1-3H3,(H,21,22,27). The Bertz CT molecular complexity index is 1500. The molecular weight excluding hydrogens is 438 g/mol. The van der Waals surface area contributed by atoms with Crippen molar-refractivity contribution in [3.8, 4) is 11.3 Å². The van der Waals surface area contributed by atoms with Gasteiger partial charge in [-0.1, -0.05) is 12.1 Å². The molecule has 4 aromatic rings. The molecule has 0 fully saturated rings. The molecule has 1 aromatic carbocycles. The van der Waals surface area contributed by atoms with Gasteiger partial charge in [0, 0.05) is 37.2 Å². The summed E-state index contributed by atoms with van der Waals surface area (Å²) < 4.78 is 3.60. The Morgan fingerprint density at radius 1 is 1.25 bits per heavy atom. The molecule has 1 unspecified atom stereocenters. The number of aromatic nitrogens is 5. The monoisotopic (exact) mass is 455 g/mol. The van der Waals surface area contributed by atoms with Crippen molar-refractivity contribution >= 4 is 39.2 Å². The van der Waals surface area contributed by atoms with Crippen LogP contribution in [0.2, 0.25) is 0 Å². The first-order valence-electron chi connectivity index (χ1n) is 9.32. The fraction of sp³-hybridized carbons (Fsp3) is 0.211. The van der Waals surface area contributed by atoms with E-state index in [0.717, 1.165) is 4.57 Å². The Balaban J connectivity index is 1.61. The van der Waals surface area contributed by atoms with E-state index in [4.69, 9.17) is 0 Å². The SMILES string of the molecule is CC(C(=O)Nc1nc(-c2cccc([N+](=O)[O-])c2)cs1)n1cnc2c1c(=O)n(C)c(=O)n2C. The van der Waals surface area contributed by atoms with Crippen molar-refractivity contribution in [2.75, 3.05) is 5.32 Å². The summed E-state index contributed by atoms with van der Waals surface area (Å²) in [5.74, 6) is -0.444. The van der Waals surface area contributed by atoms with Crippen LogP contribution in [-0.4, -0.2) is 34.5 Å².